The minimum atomic E-state index is -0.514. The van der Waals surface area contributed by atoms with Crippen LogP contribution in [0.15, 0.2) is 42.5 Å². The minimum Gasteiger partial charge on any atom is -0.461 e. The third kappa shape index (κ3) is 3.82. The van der Waals surface area contributed by atoms with Gasteiger partial charge in [-0.15, -0.1) is 0 Å². The van der Waals surface area contributed by atoms with E-state index in [0.29, 0.717) is 32.1 Å². The van der Waals surface area contributed by atoms with Crippen LogP contribution in [0.4, 0.5) is 0 Å². The molecule has 0 radical (unpaired) electrons. The minimum absolute atomic E-state index is 0.185. The molecule has 0 aliphatic rings. The second kappa shape index (κ2) is 7.48. The second-order valence-electron chi connectivity index (χ2n) is 5.16. The zero-order chi connectivity index (χ0) is 18.0. The van der Waals surface area contributed by atoms with Crippen LogP contribution < -0.4 is 0 Å². The lowest BCUT2D eigenvalue weighted by atomic mass is 10.1. The highest BCUT2D eigenvalue weighted by atomic mass is 35.5. The van der Waals surface area contributed by atoms with Gasteiger partial charge in [0.05, 0.1) is 17.3 Å². The molecule has 2 aromatic carbocycles. The van der Waals surface area contributed by atoms with Crippen molar-refractivity contribution in [2.75, 3.05) is 6.61 Å². The van der Waals surface area contributed by atoms with Crippen LogP contribution in [-0.2, 0) is 4.74 Å². The summed E-state index contributed by atoms with van der Waals surface area (Å²) in [5.74, 6) is -0.0605. The highest BCUT2D eigenvalue weighted by molar-refractivity contribution is 6.36. The molecule has 7 heteroatoms. The van der Waals surface area contributed by atoms with Crippen molar-refractivity contribution in [3.63, 3.8) is 0 Å². The number of carbonyl (C=O) groups excluding carboxylic acids is 1. The highest BCUT2D eigenvalue weighted by Crippen LogP contribution is 2.32. The van der Waals surface area contributed by atoms with Gasteiger partial charge in [0.1, 0.15) is 5.82 Å². The summed E-state index contributed by atoms with van der Waals surface area (Å²) >= 11 is 18.1. The number of aromatic nitrogens is 2. The molecule has 0 aliphatic carbocycles. The Bertz CT molecular complexity index is 921. The van der Waals surface area contributed by atoms with E-state index in [2.05, 4.69) is 9.97 Å². The van der Waals surface area contributed by atoms with Crippen LogP contribution in [-0.4, -0.2) is 22.5 Å². The van der Waals surface area contributed by atoms with Crippen LogP contribution in [0, 0.1) is 0 Å². The molecule has 1 N–H and O–H groups in total. The number of hydrogen-bond acceptors (Lipinski definition) is 3. The monoisotopic (exact) mass is 394 g/mol. The van der Waals surface area contributed by atoms with E-state index in [1.807, 2.05) is 0 Å². The van der Waals surface area contributed by atoms with Gasteiger partial charge in [-0.2, -0.15) is 0 Å². The fourth-order valence-corrected chi connectivity index (χ4v) is 2.98. The van der Waals surface area contributed by atoms with Gasteiger partial charge in [0.25, 0.3) is 0 Å². The summed E-state index contributed by atoms with van der Waals surface area (Å²) in [6, 6.07) is 12.1. The Balaban J connectivity index is 2.14. The molecule has 3 rings (SSSR count). The second-order valence-corrected chi connectivity index (χ2v) is 6.44. The number of aromatic amines is 1. The van der Waals surface area contributed by atoms with Crippen LogP contribution >= 0.6 is 34.8 Å². The fraction of sp³-hybridized carbons (Fsp3) is 0.111. The Hall–Kier alpha value is -2.01. The van der Waals surface area contributed by atoms with E-state index < -0.39 is 5.97 Å². The standard InChI is InChI=1S/C18H13Cl3N2O2/c1-2-25-18(24)16-15(10-3-5-11(19)6-4-10)22-17(23-16)13-8-7-12(20)9-14(13)21/h3-9H,2H2,1H3,(H,22,23). The van der Waals surface area contributed by atoms with Crippen molar-refractivity contribution < 1.29 is 9.53 Å². The van der Waals surface area contributed by atoms with Crippen molar-refractivity contribution in [3.05, 3.63) is 63.2 Å². The first-order valence-electron chi connectivity index (χ1n) is 7.48. The molecular weight excluding hydrogens is 383 g/mol. The number of ether oxygens (including phenoxy) is 1. The average Bonchev–Trinajstić information content (AvgIpc) is 3.01. The maximum absolute atomic E-state index is 12.3. The molecule has 0 amide bonds. The number of hydrogen-bond donors (Lipinski definition) is 1. The molecule has 0 aliphatic heterocycles. The van der Waals surface area contributed by atoms with Crippen LogP contribution in [0.25, 0.3) is 22.6 Å². The van der Waals surface area contributed by atoms with E-state index in [-0.39, 0.29) is 12.3 Å². The molecule has 25 heavy (non-hydrogen) atoms. The van der Waals surface area contributed by atoms with E-state index in [4.69, 9.17) is 39.5 Å². The quantitative estimate of drug-likeness (QED) is 0.561. The lowest BCUT2D eigenvalue weighted by Crippen LogP contribution is -2.06. The first-order chi connectivity index (χ1) is 12.0. The summed E-state index contributed by atoms with van der Waals surface area (Å²) in [4.78, 5) is 19.9. The summed E-state index contributed by atoms with van der Waals surface area (Å²) in [6.45, 7) is 1.99. The number of imidazole rings is 1. The van der Waals surface area contributed by atoms with E-state index in [9.17, 15) is 4.79 Å². The number of benzene rings is 2. The number of nitrogens with one attached hydrogen (secondary N) is 1. The van der Waals surface area contributed by atoms with Gasteiger partial charge in [-0.3, -0.25) is 0 Å². The fourth-order valence-electron chi connectivity index (χ4n) is 2.35. The molecule has 0 saturated heterocycles. The third-order valence-electron chi connectivity index (χ3n) is 3.49. The molecule has 3 aromatic rings. The van der Waals surface area contributed by atoms with Gasteiger partial charge in [-0.25, -0.2) is 9.78 Å². The van der Waals surface area contributed by atoms with Crippen LogP contribution in [0.2, 0.25) is 15.1 Å². The van der Waals surface area contributed by atoms with E-state index in [1.54, 1.807) is 49.4 Å². The smallest absolute Gasteiger partial charge is 0.359 e. The highest BCUT2D eigenvalue weighted by Gasteiger charge is 2.21. The summed E-state index contributed by atoms with van der Waals surface area (Å²) < 4.78 is 5.11. The number of rotatable bonds is 4. The van der Waals surface area contributed by atoms with Gasteiger partial charge in [0, 0.05) is 21.2 Å². The summed E-state index contributed by atoms with van der Waals surface area (Å²) in [5, 5.41) is 1.55. The molecule has 0 unspecified atom stereocenters. The summed E-state index contributed by atoms with van der Waals surface area (Å²) in [7, 11) is 0. The Morgan fingerprint density at radius 3 is 2.40 bits per heavy atom. The predicted octanol–water partition coefficient (Wildman–Crippen LogP) is 5.88. The third-order valence-corrected chi connectivity index (χ3v) is 4.29. The SMILES string of the molecule is CCOC(=O)c1nc(-c2ccc(Cl)cc2Cl)[nH]c1-c1ccc(Cl)cc1. The molecule has 0 bridgehead atoms. The van der Waals surface area contributed by atoms with E-state index in [0.717, 1.165) is 5.56 Å². The van der Waals surface area contributed by atoms with Gasteiger partial charge in [-0.1, -0.05) is 46.9 Å². The maximum atomic E-state index is 12.3. The lowest BCUT2D eigenvalue weighted by Gasteiger charge is -2.03. The van der Waals surface area contributed by atoms with Gasteiger partial charge in [0.2, 0.25) is 0 Å². The first kappa shape index (κ1) is 17.8. The molecule has 4 nitrogen and oxygen atoms in total. The number of nitrogens with zero attached hydrogens (tertiary/aromatic N) is 1. The first-order valence-corrected chi connectivity index (χ1v) is 8.61. The van der Waals surface area contributed by atoms with Crippen molar-refractivity contribution >= 4 is 40.8 Å². The van der Waals surface area contributed by atoms with Crippen LogP contribution in [0.1, 0.15) is 17.4 Å². The zero-order valence-corrected chi connectivity index (χ0v) is 15.4. The molecule has 128 valence electrons. The molecule has 1 aromatic heterocycles. The summed E-state index contributed by atoms with van der Waals surface area (Å²) in [5.41, 5.74) is 2.12. The van der Waals surface area contributed by atoms with Crippen molar-refractivity contribution in [2.24, 2.45) is 0 Å². The van der Waals surface area contributed by atoms with E-state index in [1.165, 1.54) is 0 Å². The predicted molar refractivity (Wildman–Crippen MR) is 100 cm³/mol. The van der Waals surface area contributed by atoms with Crippen LogP contribution in [0.3, 0.4) is 0 Å². The lowest BCUT2D eigenvalue weighted by molar-refractivity contribution is 0.0521. The van der Waals surface area contributed by atoms with Crippen molar-refractivity contribution in [3.8, 4) is 22.6 Å². The number of esters is 1. The molecule has 0 saturated carbocycles. The Morgan fingerprint density at radius 1 is 1.08 bits per heavy atom. The van der Waals surface area contributed by atoms with Gasteiger partial charge >= 0.3 is 5.97 Å². The van der Waals surface area contributed by atoms with Crippen molar-refractivity contribution in [2.45, 2.75) is 6.92 Å². The number of H-pyrrole nitrogens is 1. The maximum Gasteiger partial charge on any atom is 0.359 e. The number of halogens is 3. The van der Waals surface area contributed by atoms with E-state index >= 15 is 0 Å². The van der Waals surface area contributed by atoms with Crippen molar-refractivity contribution in [1.82, 2.24) is 9.97 Å². The molecule has 0 spiro atoms. The topological polar surface area (TPSA) is 55.0 Å². The molecule has 1 heterocycles. The summed E-state index contributed by atoms with van der Waals surface area (Å²) in [6.07, 6.45) is 0. The average molecular weight is 396 g/mol. The largest absolute Gasteiger partial charge is 0.461 e. The Labute approximate surface area is 159 Å². The zero-order valence-electron chi connectivity index (χ0n) is 13.1. The van der Waals surface area contributed by atoms with Gasteiger partial charge in [0.15, 0.2) is 5.69 Å². The normalized spacial score (nSPS) is 10.7. The molecule has 0 fully saturated rings. The van der Waals surface area contributed by atoms with Gasteiger partial charge < -0.3 is 9.72 Å². The molecule has 0 atom stereocenters. The van der Waals surface area contributed by atoms with Gasteiger partial charge in [-0.05, 0) is 37.3 Å². The van der Waals surface area contributed by atoms with Crippen molar-refractivity contribution in [1.29, 1.82) is 0 Å². The number of carbonyl (C=O) groups is 1. The van der Waals surface area contributed by atoms with Crippen LogP contribution in [0.5, 0.6) is 0 Å². The Morgan fingerprint density at radius 2 is 1.76 bits per heavy atom. The Kier molecular flexibility index (Phi) is 5.33. The molecular formula is C18H13Cl3N2O2.